The molecule has 238 valence electrons. The molecule has 0 saturated carbocycles. The van der Waals surface area contributed by atoms with Gasteiger partial charge in [0, 0.05) is 70.7 Å². The molecule has 0 heterocycles. The van der Waals surface area contributed by atoms with Crippen molar-refractivity contribution in [3.63, 3.8) is 0 Å². The molecule has 4 rings (SSSR count). The largest absolute Gasteiger partial charge is 1.00 e. The Morgan fingerprint density at radius 2 is 0.476 bits per heavy atom. The molecule has 0 spiro atoms. The molecular formula is C36H58Cl2Hf2Si2-6. The van der Waals surface area contributed by atoms with Gasteiger partial charge >= 0.3 is 0 Å². The van der Waals surface area contributed by atoms with Crippen molar-refractivity contribution in [2.45, 2.75) is 135 Å². The summed E-state index contributed by atoms with van der Waals surface area (Å²) >= 11 is 0. The summed E-state index contributed by atoms with van der Waals surface area (Å²) < 4.78 is 0. The number of halogens is 2. The first-order valence-electron chi connectivity index (χ1n) is 14.1. The van der Waals surface area contributed by atoms with E-state index in [0.29, 0.717) is 0 Å². The molecule has 4 aliphatic carbocycles. The van der Waals surface area contributed by atoms with Crippen molar-refractivity contribution >= 4 is 19.0 Å². The zero-order valence-corrected chi connectivity index (χ0v) is 40.7. The van der Waals surface area contributed by atoms with E-state index in [1.165, 1.54) is 66.9 Å². The van der Waals surface area contributed by atoms with Crippen molar-refractivity contribution < 1.29 is 76.5 Å². The van der Waals surface area contributed by atoms with Gasteiger partial charge in [-0.2, -0.15) is 44.6 Å². The smallest absolute Gasteiger partial charge is 0.0213 e. The van der Waals surface area contributed by atoms with Crippen LogP contribution in [0.5, 0.6) is 0 Å². The number of hydrogen-bond donors (Lipinski definition) is 0. The van der Waals surface area contributed by atoms with Gasteiger partial charge in [-0.05, 0) is 0 Å². The van der Waals surface area contributed by atoms with E-state index in [0.717, 1.165) is 44.7 Å². The first-order valence-corrected chi connectivity index (χ1v) is 18.8. The molecule has 0 nitrogen and oxygen atoms in total. The molecule has 0 fully saturated rings. The minimum atomic E-state index is 0. The Kier molecular flexibility index (Phi) is 41.5. The van der Waals surface area contributed by atoms with Gasteiger partial charge in [0.2, 0.25) is 0 Å². The van der Waals surface area contributed by atoms with E-state index in [1.807, 2.05) is 0 Å². The SMILES string of the molecule is CC1=[C-]CC(C)=C1C.CC1=[C-]CC(C)=C1C.CC1=[C-]CC(C)=C1C.CC1=[C-]CC(C)=C1C.C[SiH]C.C[SiH]C.[Cl-].[Cl-].[Hf].[Hf]. The van der Waals surface area contributed by atoms with Crippen molar-refractivity contribution in [2.24, 2.45) is 0 Å². The molecule has 0 N–H and O–H groups in total. The summed E-state index contributed by atoms with van der Waals surface area (Å²) in [7, 11) is 1.50. The Balaban J connectivity index is -0.0000000939. The van der Waals surface area contributed by atoms with Crippen LogP contribution in [0.25, 0.3) is 0 Å². The Morgan fingerprint density at radius 1 is 0.357 bits per heavy atom. The van der Waals surface area contributed by atoms with E-state index < -0.39 is 0 Å². The Labute approximate surface area is 318 Å². The van der Waals surface area contributed by atoms with E-state index in [1.54, 1.807) is 0 Å². The molecule has 0 aromatic carbocycles. The molecule has 0 aliphatic heterocycles. The van der Waals surface area contributed by atoms with Crippen LogP contribution in [0.15, 0.2) is 66.9 Å². The van der Waals surface area contributed by atoms with Crippen LogP contribution in [0.1, 0.15) is 109 Å². The van der Waals surface area contributed by atoms with Gasteiger partial charge in [-0.1, -0.05) is 81.6 Å². The van der Waals surface area contributed by atoms with Gasteiger partial charge in [0.05, 0.1) is 0 Å². The van der Waals surface area contributed by atoms with Gasteiger partial charge in [0.1, 0.15) is 0 Å². The third-order valence-corrected chi connectivity index (χ3v) is 7.29. The predicted octanol–water partition coefficient (Wildman–Crippen LogP) is 4.95. The second-order valence-corrected chi connectivity index (χ2v) is 13.0. The molecule has 0 atom stereocenters. The normalized spacial score (nSPS) is 15.8. The summed E-state index contributed by atoms with van der Waals surface area (Å²) in [5.74, 6) is 0. The monoisotopic (exact) mass is 976 g/mol. The molecule has 4 aliphatic rings. The van der Waals surface area contributed by atoms with Crippen LogP contribution in [0.4, 0.5) is 0 Å². The number of allylic oxidation sites excluding steroid dienone is 16. The quantitative estimate of drug-likeness (QED) is 0.239. The minimum absolute atomic E-state index is 0. The minimum Gasteiger partial charge on any atom is -1.00 e. The van der Waals surface area contributed by atoms with Crippen LogP contribution in [0.3, 0.4) is 0 Å². The van der Waals surface area contributed by atoms with E-state index in [2.05, 4.69) is 134 Å². The summed E-state index contributed by atoms with van der Waals surface area (Å²) in [5, 5.41) is 0. The Hall–Kier alpha value is 0.674. The molecule has 0 amide bonds. The molecule has 0 unspecified atom stereocenters. The summed E-state index contributed by atoms with van der Waals surface area (Å²) in [6.07, 6.45) is 17.3. The maximum Gasteiger partial charge on any atom is 0.0213 e. The van der Waals surface area contributed by atoms with Gasteiger partial charge in [-0.3, -0.25) is 24.3 Å². The Bertz CT molecular complexity index is 837. The first kappa shape index (κ1) is 55.1. The van der Waals surface area contributed by atoms with Crippen molar-refractivity contribution in [3.8, 4) is 0 Å². The summed E-state index contributed by atoms with van der Waals surface area (Å²) in [6.45, 7) is 34.6. The van der Waals surface area contributed by atoms with E-state index in [4.69, 9.17) is 0 Å². The van der Waals surface area contributed by atoms with Gasteiger partial charge in [-0.15, -0.1) is 53.4 Å². The maximum absolute atomic E-state index is 3.26. The zero-order chi connectivity index (χ0) is 30.0. The third-order valence-electron chi connectivity index (χ3n) is 7.29. The Morgan fingerprint density at radius 3 is 0.500 bits per heavy atom. The summed E-state index contributed by atoms with van der Waals surface area (Å²) in [4.78, 5) is 0. The van der Waals surface area contributed by atoms with Crippen molar-refractivity contribution in [1.82, 2.24) is 0 Å². The molecule has 0 aromatic rings. The fourth-order valence-electron chi connectivity index (χ4n) is 3.40. The van der Waals surface area contributed by atoms with Crippen LogP contribution >= 0.6 is 0 Å². The molecule has 0 saturated heterocycles. The average Bonchev–Trinajstić information content (AvgIpc) is 3.55. The van der Waals surface area contributed by atoms with Gasteiger partial charge < -0.3 is 24.8 Å². The van der Waals surface area contributed by atoms with Gasteiger partial charge in [0.25, 0.3) is 0 Å². The van der Waals surface area contributed by atoms with E-state index in [-0.39, 0.29) is 76.5 Å². The van der Waals surface area contributed by atoms with Crippen molar-refractivity contribution in [2.75, 3.05) is 0 Å². The van der Waals surface area contributed by atoms with Crippen molar-refractivity contribution in [1.29, 1.82) is 0 Å². The predicted molar refractivity (Wildman–Crippen MR) is 179 cm³/mol. The van der Waals surface area contributed by atoms with Crippen LogP contribution in [-0.2, 0) is 51.7 Å². The van der Waals surface area contributed by atoms with Crippen LogP contribution in [0, 0.1) is 24.3 Å². The first-order chi connectivity index (χ1) is 17.7. The fraction of sp³-hybridized carbons (Fsp3) is 0.556. The van der Waals surface area contributed by atoms with E-state index >= 15 is 0 Å². The molecule has 42 heavy (non-hydrogen) atoms. The molecule has 6 heteroatoms. The summed E-state index contributed by atoms with van der Waals surface area (Å²) in [6, 6.07) is 0. The van der Waals surface area contributed by atoms with Crippen LogP contribution in [-0.4, -0.2) is 19.0 Å². The van der Waals surface area contributed by atoms with Gasteiger partial charge in [-0.25, -0.2) is 22.3 Å². The van der Waals surface area contributed by atoms with Crippen LogP contribution < -0.4 is 24.8 Å². The standard InChI is InChI=1S/4C8H11.2C2H7Si.2ClH.2Hf/c4*1-6-4-5-7(2)8(6)3;2*1-3-2;;;;/h4*4H2,1-3H3;2*3H,1-2H3;2*1H;;/q4*-1;;;;;;/p-2. The number of rotatable bonds is 0. The third kappa shape index (κ3) is 23.1. The molecular weight excluding hydrogens is 916 g/mol. The van der Waals surface area contributed by atoms with E-state index in [9.17, 15) is 0 Å². The van der Waals surface area contributed by atoms with Crippen molar-refractivity contribution in [3.05, 3.63) is 91.2 Å². The molecule has 0 bridgehead atoms. The second kappa shape index (κ2) is 31.6. The van der Waals surface area contributed by atoms with Gasteiger partial charge in [0.15, 0.2) is 0 Å². The fourth-order valence-corrected chi connectivity index (χ4v) is 3.40. The average molecular weight is 975 g/mol. The van der Waals surface area contributed by atoms with Crippen LogP contribution in [0.2, 0.25) is 26.2 Å². The topological polar surface area (TPSA) is 0 Å². The number of hydrogen-bond acceptors (Lipinski definition) is 0. The molecule has 2 radical (unpaired) electrons. The second-order valence-electron chi connectivity index (χ2n) is 10.7. The summed E-state index contributed by atoms with van der Waals surface area (Å²) in [5.41, 5.74) is 17.0. The maximum atomic E-state index is 3.26. The molecule has 0 aromatic heterocycles. The zero-order valence-electron chi connectivity index (χ0n) is 29.7.